The summed E-state index contributed by atoms with van der Waals surface area (Å²) in [5.41, 5.74) is 1.72. The van der Waals surface area contributed by atoms with Crippen molar-refractivity contribution >= 4 is 34.7 Å². The third-order valence-electron chi connectivity index (χ3n) is 6.60. The second-order valence-electron chi connectivity index (χ2n) is 8.77. The molecule has 7 heteroatoms. The van der Waals surface area contributed by atoms with Crippen LogP contribution in [0, 0.1) is 5.92 Å². The lowest BCUT2D eigenvalue weighted by molar-refractivity contribution is -0.134. The minimum Gasteiger partial charge on any atom is -0.370 e. The fourth-order valence-corrected chi connectivity index (χ4v) is 5.55. The number of hydrogen-bond acceptors (Lipinski definition) is 5. The van der Waals surface area contributed by atoms with E-state index in [1.807, 2.05) is 48.5 Å². The van der Waals surface area contributed by atoms with Crippen LogP contribution in [-0.4, -0.2) is 54.2 Å². The summed E-state index contributed by atoms with van der Waals surface area (Å²) in [5, 5.41) is 1.96. The Labute approximate surface area is 193 Å². The molecule has 0 spiro atoms. The van der Waals surface area contributed by atoms with Crippen LogP contribution < -0.4 is 4.90 Å². The Hall–Kier alpha value is -2.67. The third kappa shape index (κ3) is 4.06. The van der Waals surface area contributed by atoms with Gasteiger partial charge in [0.15, 0.2) is 0 Å². The Balaban J connectivity index is 1.58. The number of carbonyl (C=O) groups excluding carboxylic acids is 3. The van der Waals surface area contributed by atoms with E-state index in [-0.39, 0.29) is 29.7 Å². The highest BCUT2D eigenvalue weighted by molar-refractivity contribution is 7.10. The van der Waals surface area contributed by atoms with Crippen LogP contribution in [0.15, 0.2) is 35.7 Å². The van der Waals surface area contributed by atoms with Gasteiger partial charge in [-0.1, -0.05) is 25.5 Å². The van der Waals surface area contributed by atoms with Crippen molar-refractivity contribution in [1.29, 1.82) is 0 Å². The number of amides is 3. The number of imide groups is 1. The van der Waals surface area contributed by atoms with Gasteiger partial charge >= 0.3 is 0 Å². The van der Waals surface area contributed by atoms with Crippen molar-refractivity contribution in [3.05, 3.63) is 51.7 Å². The molecule has 0 N–H and O–H groups in total. The highest BCUT2D eigenvalue weighted by Gasteiger charge is 2.42. The van der Waals surface area contributed by atoms with E-state index in [2.05, 4.69) is 11.8 Å². The lowest BCUT2D eigenvalue weighted by atomic mass is 9.95. The van der Waals surface area contributed by atoms with Gasteiger partial charge in [0.05, 0.1) is 28.8 Å². The number of thiophene rings is 1. The van der Waals surface area contributed by atoms with E-state index in [4.69, 9.17) is 0 Å². The molecule has 170 valence electrons. The quantitative estimate of drug-likeness (QED) is 0.576. The zero-order valence-electron chi connectivity index (χ0n) is 19.0. The van der Waals surface area contributed by atoms with E-state index < -0.39 is 0 Å². The fraction of sp³-hybridized carbons (Fsp3) is 0.480. The maximum atomic E-state index is 13.5. The molecule has 1 aromatic heterocycles. The number of anilines is 1. The van der Waals surface area contributed by atoms with Crippen LogP contribution in [-0.2, 0) is 4.79 Å². The maximum absolute atomic E-state index is 13.5. The first-order valence-electron chi connectivity index (χ1n) is 11.5. The molecule has 6 nitrogen and oxygen atoms in total. The van der Waals surface area contributed by atoms with Crippen molar-refractivity contribution in [2.24, 2.45) is 5.92 Å². The van der Waals surface area contributed by atoms with Crippen LogP contribution in [0.25, 0.3) is 0 Å². The molecule has 3 amide bonds. The molecule has 0 aliphatic carbocycles. The lowest BCUT2D eigenvalue weighted by Crippen LogP contribution is -2.44. The number of hydrogen-bond donors (Lipinski definition) is 0. The molecular formula is C25H31N3O3S. The Bertz CT molecular complexity index is 1000. The normalized spacial score (nSPS) is 19.3. The van der Waals surface area contributed by atoms with E-state index in [1.165, 1.54) is 4.90 Å². The number of unbranched alkanes of at least 4 members (excludes halogenated alkanes) is 1. The average molecular weight is 454 g/mol. The predicted molar refractivity (Wildman–Crippen MR) is 127 cm³/mol. The SMILES string of the molecule is CCCCN(C)C(=O)[C@@H]1CCCN(c2cccc3c2C(=O)N([C@H](C)c2cccs2)C3=O)C1. The van der Waals surface area contributed by atoms with Gasteiger partial charge in [0, 0.05) is 31.6 Å². The first-order chi connectivity index (χ1) is 15.4. The smallest absolute Gasteiger partial charge is 0.264 e. The van der Waals surface area contributed by atoms with E-state index in [0.717, 1.165) is 49.3 Å². The van der Waals surface area contributed by atoms with E-state index in [1.54, 1.807) is 17.4 Å². The molecule has 0 unspecified atom stereocenters. The molecule has 0 bridgehead atoms. The number of fused-ring (bicyclic) bond motifs is 1. The molecule has 4 rings (SSSR count). The van der Waals surface area contributed by atoms with Crippen molar-refractivity contribution in [2.75, 3.05) is 31.6 Å². The minimum atomic E-state index is -0.307. The van der Waals surface area contributed by atoms with Gasteiger partial charge < -0.3 is 9.80 Å². The van der Waals surface area contributed by atoms with Gasteiger partial charge in [-0.05, 0) is 49.8 Å². The van der Waals surface area contributed by atoms with Gasteiger partial charge in [-0.15, -0.1) is 11.3 Å². The fourth-order valence-electron chi connectivity index (χ4n) is 4.77. The highest BCUT2D eigenvalue weighted by atomic mass is 32.1. The average Bonchev–Trinajstić information content (AvgIpc) is 3.44. The van der Waals surface area contributed by atoms with Crippen LogP contribution in [0.1, 0.15) is 71.2 Å². The predicted octanol–water partition coefficient (Wildman–Crippen LogP) is 4.58. The molecule has 2 atom stereocenters. The van der Waals surface area contributed by atoms with Gasteiger partial charge in [0.1, 0.15) is 0 Å². The van der Waals surface area contributed by atoms with E-state index in [0.29, 0.717) is 17.7 Å². The van der Waals surface area contributed by atoms with Crippen LogP contribution in [0.2, 0.25) is 0 Å². The number of carbonyl (C=O) groups is 3. The molecule has 3 heterocycles. The van der Waals surface area contributed by atoms with Gasteiger partial charge in [0.25, 0.3) is 11.8 Å². The number of nitrogens with zero attached hydrogens (tertiary/aromatic N) is 3. The van der Waals surface area contributed by atoms with Crippen molar-refractivity contribution in [1.82, 2.24) is 9.80 Å². The molecule has 32 heavy (non-hydrogen) atoms. The van der Waals surface area contributed by atoms with Crippen LogP contribution in [0.5, 0.6) is 0 Å². The molecule has 0 radical (unpaired) electrons. The highest BCUT2D eigenvalue weighted by Crippen LogP contribution is 2.38. The summed E-state index contributed by atoms with van der Waals surface area (Å²) >= 11 is 1.55. The summed E-state index contributed by atoms with van der Waals surface area (Å²) in [6, 6.07) is 9.08. The summed E-state index contributed by atoms with van der Waals surface area (Å²) in [6.45, 7) is 6.15. The van der Waals surface area contributed by atoms with Crippen molar-refractivity contribution < 1.29 is 14.4 Å². The number of rotatable bonds is 7. The number of benzene rings is 1. The summed E-state index contributed by atoms with van der Waals surface area (Å²) in [7, 11) is 1.88. The standard InChI is InChI=1S/C25H31N3O3S/c1-4-5-13-26(3)23(29)18-9-7-14-27(16-18)20-11-6-10-19-22(20)25(31)28(24(19)30)17(2)21-12-8-15-32-21/h6,8,10-12,15,17-18H,4-5,7,9,13-14,16H2,1-3H3/t17-,18-/m1/s1. The first kappa shape index (κ1) is 22.5. The molecular weight excluding hydrogens is 422 g/mol. The summed E-state index contributed by atoms with van der Waals surface area (Å²) in [4.78, 5) is 45.9. The van der Waals surface area contributed by atoms with Crippen LogP contribution in [0.3, 0.4) is 0 Å². The van der Waals surface area contributed by atoms with Crippen LogP contribution >= 0.6 is 11.3 Å². The maximum Gasteiger partial charge on any atom is 0.264 e. The van der Waals surface area contributed by atoms with Crippen molar-refractivity contribution in [2.45, 2.75) is 45.6 Å². The summed E-state index contributed by atoms with van der Waals surface area (Å²) in [5.74, 6) is -0.396. The van der Waals surface area contributed by atoms with Crippen LogP contribution in [0.4, 0.5) is 5.69 Å². The Kier molecular flexibility index (Phi) is 6.65. The van der Waals surface area contributed by atoms with E-state index in [9.17, 15) is 14.4 Å². The Morgan fingerprint density at radius 3 is 2.75 bits per heavy atom. The van der Waals surface area contributed by atoms with Gasteiger partial charge in [-0.2, -0.15) is 0 Å². The van der Waals surface area contributed by atoms with Gasteiger partial charge in [-0.3, -0.25) is 19.3 Å². The van der Waals surface area contributed by atoms with Crippen molar-refractivity contribution in [3.8, 4) is 0 Å². The van der Waals surface area contributed by atoms with Gasteiger partial charge in [-0.25, -0.2) is 0 Å². The first-order valence-corrected chi connectivity index (χ1v) is 12.4. The minimum absolute atomic E-state index is 0.0881. The molecule has 2 aliphatic rings. The summed E-state index contributed by atoms with van der Waals surface area (Å²) < 4.78 is 0. The monoisotopic (exact) mass is 453 g/mol. The third-order valence-corrected chi connectivity index (χ3v) is 7.64. The Morgan fingerprint density at radius 2 is 2.03 bits per heavy atom. The van der Waals surface area contributed by atoms with Crippen molar-refractivity contribution in [3.63, 3.8) is 0 Å². The molecule has 2 aromatic rings. The molecule has 1 saturated heterocycles. The molecule has 1 fully saturated rings. The molecule has 0 saturated carbocycles. The Morgan fingerprint density at radius 1 is 1.22 bits per heavy atom. The lowest BCUT2D eigenvalue weighted by Gasteiger charge is -2.36. The number of piperidine rings is 1. The van der Waals surface area contributed by atoms with E-state index >= 15 is 0 Å². The molecule has 1 aromatic carbocycles. The second kappa shape index (κ2) is 9.45. The second-order valence-corrected chi connectivity index (χ2v) is 9.75. The topological polar surface area (TPSA) is 60.9 Å². The summed E-state index contributed by atoms with van der Waals surface area (Å²) in [6.07, 6.45) is 3.80. The zero-order chi connectivity index (χ0) is 22.8. The largest absolute Gasteiger partial charge is 0.370 e. The zero-order valence-corrected chi connectivity index (χ0v) is 19.9. The van der Waals surface area contributed by atoms with Gasteiger partial charge in [0.2, 0.25) is 5.91 Å². The molecule has 2 aliphatic heterocycles.